The van der Waals surface area contributed by atoms with Gasteiger partial charge in [-0.05, 0) is 26.2 Å². The molecule has 2 aromatic rings. The Labute approximate surface area is 89.7 Å². The summed E-state index contributed by atoms with van der Waals surface area (Å²) in [6, 6.07) is 8.13. The lowest BCUT2D eigenvalue weighted by Gasteiger charge is -2.11. The number of hydrogen-bond donors (Lipinski definition) is 1. The first-order valence-corrected chi connectivity index (χ1v) is 5.11. The summed E-state index contributed by atoms with van der Waals surface area (Å²) >= 11 is 0. The quantitative estimate of drug-likeness (QED) is 0.826. The molecule has 0 radical (unpaired) electrons. The number of aromatic amines is 1. The van der Waals surface area contributed by atoms with Gasteiger partial charge in [-0.2, -0.15) is 0 Å². The van der Waals surface area contributed by atoms with E-state index in [1.165, 1.54) is 5.39 Å². The Kier molecular flexibility index (Phi) is 2.92. The molecule has 0 aliphatic heterocycles. The van der Waals surface area contributed by atoms with Crippen molar-refractivity contribution in [3.63, 3.8) is 0 Å². The fourth-order valence-electron chi connectivity index (χ4n) is 1.51. The summed E-state index contributed by atoms with van der Waals surface area (Å²) in [7, 11) is 4.08. The lowest BCUT2D eigenvalue weighted by molar-refractivity contribution is 0.263. The maximum atomic E-state index is 5.72. The summed E-state index contributed by atoms with van der Waals surface area (Å²) in [6.45, 7) is 1.64. The zero-order valence-corrected chi connectivity index (χ0v) is 9.16. The number of nitrogens with one attached hydrogen (secondary N) is 1. The summed E-state index contributed by atoms with van der Waals surface area (Å²) in [6.07, 6.45) is 1.93. The van der Waals surface area contributed by atoms with Crippen molar-refractivity contribution >= 4 is 10.9 Å². The van der Waals surface area contributed by atoms with Gasteiger partial charge in [-0.1, -0.05) is 12.1 Å². The summed E-state index contributed by atoms with van der Waals surface area (Å²) in [4.78, 5) is 5.29. The molecule has 0 fully saturated rings. The number of rotatable bonds is 4. The molecule has 0 atom stereocenters. The molecule has 15 heavy (non-hydrogen) atoms. The van der Waals surface area contributed by atoms with Crippen LogP contribution in [0.1, 0.15) is 0 Å². The molecule has 0 bridgehead atoms. The Morgan fingerprint density at radius 1 is 1.27 bits per heavy atom. The largest absolute Gasteiger partial charge is 0.490 e. The van der Waals surface area contributed by atoms with Gasteiger partial charge in [0.15, 0.2) is 0 Å². The Hall–Kier alpha value is -1.48. The van der Waals surface area contributed by atoms with E-state index in [-0.39, 0.29) is 0 Å². The molecule has 0 spiro atoms. The number of para-hydroxylation sites is 1. The van der Waals surface area contributed by atoms with Crippen LogP contribution >= 0.6 is 0 Å². The highest BCUT2D eigenvalue weighted by Gasteiger charge is 2.02. The van der Waals surface area contributed by atoms with Gasteiger partial charge in [0.05, 0.1) is 5.52 Å². The van der Waals surface area contributed by atoms with Crippen molar-refractivity contribution in [3.8, 4) is 5.75 Å². The first kappa shape index (κ1) is 10.1. The number of nitrogens with zero attached hydrogens (tertiary/aromatic N) is 1. The molecule has 0 aliphatic rings. The van der Waals surface area contributed by atoms with Crippen molar-refractivity contribution in [2.75, 3.05) is 27.2 Å². The van der Waals surface area contributed by atoms with Gasteiger partial charge in [0.1, 0.15) is 12.4 Å². The zero-order chi connectivity index (χ0) is 10.7. The van der Waals surface area contributed by atoms with E-state index >= 15 is 0 Å². The van der Waals surface area contributed by atoms with Crippen molar-refractivity contribution < 1.29 is 4.74 Å². The zero-order valence-electron chi connectivity index (χ0n) is 9.16. The average Bonchev–Trinajstić information content (AvgIpc) is 2.65. The Morgan fingerprint density at radius 2 is 2.13 bits per heavy atom. The van der Waals surface area contributed by atoms with Crippen LogP contribution in [-0.2, 0) is 0 Å². The standard InChI is InChI=1S/C12H16N2O/c1-14(2)8-9-15-11-5-3-4-10-6-7-13-12(10)11/h3-7,13H,8-9H2,1-2H3. The van der Waals surface area contributed by atoms with Crippen LogP contribution in [0.2, 0.25) is 0 Å². The second-order valence-corrected chi connectivity index (χ2v) is 3.85. The first-order chi connectivity index (χ1) is 7.27. The molecule has 1 aromatic carbocycles. The summed E-state index contributed by atoms with van der Waals surface area (Å²) in [5, 5.41) is 1.19. The lowest BCUT2D eigenvalue weighted by atomic mass is 10.2. The smallest absolute Gasteiger partial charge is 0.143 e. The number of likely N-dealkylation sites (N-methyl/N-ethyl adjacent to an activating group) is 1. The second kappa shape index (κ2) is 4.36. The SMILES string of the molecule is CN(C)CCOc1cccc2cc[nH]c12. The number of H-pyrrole nitrogens is 1. The Balaban J connectivity index is 2.10. The topological polar surface area (TPSA) is 28.3 Å². The van der Waals surface area contributed by atoms with E-state index in [4.69, 9.17) is 4.74 Å². The molecule has 1 N–H and O–H groups in total. The monoisotopic (exact) mass is 204 g/mol. The van der Waals surface area contributed by atoms with Crippen molar-refractivity contribution in [1.29, 1.82) is 0 Å². The fraction of sp³-hybridized carbons (Fsp3) is 0.333. The second-order valence-electron chi connectivity index (χ2n) is 3.85. The maximum absolute atomic E-state index is 5.72. The van der Waals surface area contributed by atoms with E-state index in [1.807, 2.05) is 38.5 Å². The van der Waals surface area contributed by atoms with Crippen molar-refractivity contribution in [3.05, 3.63) is 30.5 Å². The van der Waals surface area contributed by atoms with Crippen LogP contribution in [0.5, 0.6) is 5.75 Å². The maximum Gasteiger partial charge on any atom is 0.143 e. The third-order valence-electron chi connectivity index (χ3n) is 2.35. The first-order valence-electron chi connectivity index (χ1n) is 5.11. The highest BCUT2D eigenvalue weighted by atomic mass is 16.5. The minimum Gasteiger partial charge on any atom is -0.490 e. The average molecular weight is 204 g/mol. The number of fused-ring (bicyclic) bond motifs is 1. The Bertz CT molecular complexity index is 434. The third-order valence-corrected chi connectivity index (χ3v) is 2.35. The van der Waals surface area contributed by atoms with E-state index in [1.54, 1.807) is 0 Å². The molecule has 3 nitrogen and oxygen atoms in total. The minimum atomic E-state index is 0.713. The summed E-state index contributed by atoms with van der Waals surface area (Å²) < 4.78 is 5.72. The predicted octanol–water partition coefficient (Wildman–Crippen LogP) is 2.11. The van der Waals surface area contributed by atoms with E-state index in [9.17, 15) is 0 Å². The molecule has 0 aliphatic carbocycles. The van der Waals surface area contributed by atoms with Crippen LogP contribution < -0.4 is 4.74 Å². The molecule has 80 valence electrons. The van der Waals surface area contributed by atoms with Gasteiger partial charge >= 0.3 is 0 Å². The summed E-state index contributed by atoms with van der Waals surface area (Å²) in [5.41, 5.74) is 1.08. The number of hydrogen-bond acceptors (Lipinski definition) is 2. The van der Waals surface area contributed by atoms with Crippen LogP contribution in [0.25, 0.3) is 10.9 Å². The van der Waals surface area contributed by atoms with E-state index in [0.29, 0.717) is 6.61 Å². The van der Waals surface area contributed by atoms with Gasteiger partial charge in [0, 0.05) is 18.1 Å². The van der Waals surface area contributed by atoms with Crippen molar-refractivity contribution in [1.82, 2.24) is 9.88 Å². The number of ether oxygens (including phenoxy) is 1. The molecule has 0 amide bonds. The minimum absolute atomic E-state index is 0.713. The summed E-state index contributed by atoms with van der Waals surface area (Å²) in [5.74, 6) is 0.930. The van der Waals surface area contributed by atoms with Gasteiger partial charge in [-0.3, -0.25) is 0 Å². The Morgan fingerprint density at radius 3 is 2.93 bits per heavy atom. The van der Waals surface area contributed by atoms with Gasteiger partial charge in [0.2, 0.25) is 0 Å². The van der Waals surface area contributed by atoms with Crippen LogP contribution in [-0.4, -0.2) is 37.1 Å². The van der Waals surface area contributed by atoms with E-state index in [2.05, 4.69) is 16.0 Å². The van der Waals surface area contributed by atoms with Gasteiger partial charge in [-0.25, -0.2) is 0 Å². The molecule has 1 heterocycles. The van der Waals surface area contributed by atoms with Gasteiger partial charge in [-0.15, -0.1) is 0 Å². The molecule has 0 unspecified atom stereocenters. The highest BCUT2D eigenvalue weighted by molar-refractivity contribution is 5.85. The third kappa shape index (κ3) is 2.30. The van der Waals surface area contributed by atoms with Gasteiger partial charge in [0.25, 0.3) is 0 Å². The van der Waals surface area contributed by atoms with Crippen molar-refractivity contribution in [2.45, 2.75) is 0 Å². The predicted molar refractivity (Wildman–Crippen MR) is 62.3 cm³/mol. The van der Waals surface area contributed by atoms with Crippen molar-refractivity contribution in [2.24, 2.45) is 0 Å². The molecule has 0 saturated heterocycles. The molecule has 2 rings (SSSR count). The van der Waals surface area contributed by atoms with Crippen LogP contribution in [0.15, 0.2) is 30.5 Å². The van der Waals surface area contributed by atoms with Crippen LogP contribution in [0.3, 0.4) is 0 Å². The van der Waals surface area contributed by atoms with E-state index < -0.39 is 0 Å². The molecule has 1 aromatic heterocycles. The fourth-order valence-corrected chi connectivity index (χ4v) is 1.51. The normalized spacial score (nSPS) is 11.1. The molecule has 0 saturated carbocycles. The number of aromatic nitrogens is 1. The van der Waals surface area contributed by atoms with Crippen LogP contribution in [0, 0.1) is 0 Å². The lowest BCUT2D eigenvalue weighted by Crippen LogP contribution is -2.19. The number of benzene rings is 1. The van der Waals surface area contributed by atoms with Gasteiger partial charge < -0.3 is 14.6 Å². The molecule has 3 heteroatoms. The molecular weight excluding hydrogens is 188 g/mol. The van der Waals surface area contributed by atoms with E-state index in [0.717, 1.165) is 17.8 Å². The molecular formula is C12H16N2O. The highest BCUT2D eigenvalue weighted by Crippen LogP contribution is 2.23. The van der Waals surface area contributed by atoms with Crippen LogP contribution in [0.4, 0.5) is 0 Å².